The van der Waals surface area contributed by atoms with Gasteiger partial charge in [-0.2, -0.15) is 0 Å². The SMILES string of the molecule is Cc1ccc(-c2nnc(N)c3c2COC2(CC2)C3)c(O)c1.OC1CCCCC1. The highest BCUT2D eigenvalue weighted by molar-refractivity contribution is 5.72. The molecule has 3 aliphatic rings. The van der Waals surface area contributed by atoms with E-state index in [1.807, 2.05) is 19.1 Å². The van der Waals surface area contributed by atoms with Crippen LogP contribution in [0.4, 0.5) is 5.82 Å². The molecule has 1 spiro atoms. The van der Waals surface area contributed by atoms with Crippen molar-refractivity contribution in [1.29, 1.82) is 0 Å². The van der Waals surface area contributed by atoms with Gasteiger partial charge in [0.2, 0.25) is 0 Å². The first-order valence-corrected chi connectivity index (χ1v) is 10.2. The zero-order valence-corrected chi connectivity index (χ0v) is 16.4. The molecule has 1 aromatic carbocycles. The van der Waals surface area contributed by atoms with Gasteiger partial charge in [0.05, 0.1) is 18.3 Å². The Hall–Kier alpha value is -2.18. The number of aryl methyl sites for hydroxylation is 1. The molecule has 2 fully saturated rings. The minimum atomic E-state index is -0.0171. The molecular formula is C22H29N3O3. The van der Waals surface area contributed by atoms with Crippen molar-refractivity contribution in [3.63, 3.8) is 0 Å². The lowest BCUT2D eigenvalue weighted by molar-refractivity contribution is 0.00833. The maximum atomic E-state index is 10.2. The zero-order chi connectivity index (χ0) is 19.7. The summed E-state index contributed by atoms with van der Waals surface area (Å²) in [6, 6.07) is 5.55. The molecule has 0 amide bonds. The lowest BCUT2D eigenvalue weighted by Crippen LogP contribution is -2.26. The lowest BCUT2D eigenvalue weighted by Gasteiger charge is -2.27. The molecule has 28 heavy (non-hydrogen) atoms. The molecule has 6 heteroatoms. The van der Waals surface area contributed by atoms with Crippen LogP contribution in [0.1, 0.15) is 61.6 Å². The van der Waals surface area contributed by atoms with Gasteiger partial charge >= 0.3 is 0 Å². The number of rotatable bonds is 1. The van der Waals surface area contributed by atoms with Crippen molar-refractivity contribution in [1.82, 2.24) is 10.2 Å². The van der Waals surface area contributed by atoms with Crippen LogP contribution in [0.5, 0.6) is 5.75 Å². The summed E-state index contributed by atoms with van der Waals surface area (Å²) in [7, 11) is 0. The summed E-state index contributed by atoms with van der Waals surface area (Å²) in [5.74, 6) is 0.693. The fraction of sp³-hybridized carbons (Fsp3) is 0.545. The van der Waals surface area contributed by atoms with Crippen molar-refractivity contribution >= 4 is 5.82 Å². The van der Waals surface area contributed by atoms with Crippen LogP contribution < -0.4 is 5.73 Å². The quantitative estimate of drug-likeness (QED) is 0.695. The van der Waals surface area contributed by atoms with E-state index >= 15 is 0 Å². The zero-order valence-electron chi connectivity index (χ0n) is 16.4. The lowest BCUT2D eigenvalue weighted by atomic mass is 9.94. The van der Waals surface area contributed by atoms with Gasteiger partial charge in [-0.1, -0.05) is 25.3 Å². The largest absolute Gasteiger partial charge is 0.507 e. The Morgan fingerprint density at radius 2 is 1.86 bits per heavy atom. The number of aromatic nitrogens is 2. The Balaban J connectivity index is 0.000000233. The average molecular weight is 383 g/mol. The summed E-state index contributed by atoms with van der Waals surface area (Å²) < 4.78 is 5.98. The van der Waals surface area contributed by atoms with Gasteiger partial charge in [-0.15, -0.1) is 10.2 Å². The second-order valence-corrected chi connectivity index (χ2v) is 8.35. The number of aliphatic hydroxyl groups excluding tert-OH is 1. The van der Waals surface area contributed by atoms with E-state index in [1.165, 1.54) is 19.3 Å². The maximum Gasteiger partial charge on any atom is 0.149 e. The van der Waals surface area contributed by atoms with Crippen LogP contribution >= 0.6 is 0 Å². The summed E-state index contributed by atoms with van der Waals surface area (Å²) in [5.41, 5.74) is 10.3. The molecule has 0 radical (unpaired) electrons. The molecule has 2 aliphatic carbocycles. The Labute approximate surface area is 165 Å². The van der Waals surface area contributed by atoms with Gasteiger partial charge < -0.3 is 20.7 Å². The van der Waals surface area contributed by atoms with Crippen LogP contribution in [-0.4, -0.2) is 32.1 Å². The van der Waals surface area contributed by atoms with Crippen LogP contribution in [0.15, 0.2) is 18.2 Å². The van der Waals surface area contributed by atoms with Gasteiger partial charge in [-0.3, -0.25) is 0 Å². The smallest absolute Gasteiger partial charge is 0.149 e. The topological polar surface area (TPSA) is 101 Å². The van der Waals surface area contributed by atoms with E-state index in [1.54, 1.807) is 6.07 Å². The number of aliphatic hydroxyl groups is 1. The molecule has 2 saturated carbocycles. The number of phenols is 1. The Morgan fingerprint density at radius 1 is 1.11 bits per heavy atom. The normalized spacial score (nSPS) is 20.2. The molecule has 0 saturated heterocycles. The number of anilines is 1. The number of hydrogen-bond acceptors (Lipinski definition) is 6. The van der Waals surface area contributed by atoms with Crippen molar-refractivity contribution in [2.24, 2.45) is 0 Å². The van der Waals surface area contributed by atoms with Crippen LogP contribution in [0.25, 0.3) is 11.3 Å². The summed E-state index contributed by atoms with van der Waals surface area (Å²) in [5, 5.41) is 27.4. The molecule has 2 aromatic rings. The average Bonchev–Trinajstić information content (AvgIpc) is 3.43. The molecule has 0 unspecified atom stereocenters. The highest BCUT2D eigenvalue weighted by Crippen LogP contribution is 2.48. The van der Waals surface area contributed by atoms with Gasteiger partial charge in [0.15, 0.2) is 0 Å². The Kier molecular flexibility index (Phi) is 5.25. The number of nitrogens with zero attached hydrogens (tertiary/aromatic N) is 2. The van der Waals surface area contributed by atoms with Crippen LogP contribution in [0.3, 0.4) is 0 Å². The van der Waals surface area contributed by atoms with Crippen LogP contribution in [0, 0.1) is 6.92 Å². The first-order chi connectivity index (χ1) is 13.5. The number of nitrogens with two attached hydrogens (primary N) is 1. The van der Waals surface area contributed by atoms with Crippen molar-refractivity contribution < 1.29 is 14.9 Å². The third kappa shape index (κ3) is 3.98. The van der Waals surface area contributed by atoms with E-state index in [2.05, 4.69) is 10.2 Å². The molecule has 0 atom stereocenters. The van der Waals surface area contributed by atoms with Gasteiger partial charge in [0, 0.05) is 23.1 Å². The van der Waals surface area contributed by atoms with Gasteiger partial charge in [0.25, 0.3) is 0 Å². The van der Waals surface area contributed by atoms with Gasteiger partial charge in [0.1, 0.15) is 17.3 Å². The molecule has 150 valence electrons. The minimum absolute atomic E-state index is 0.0171. The summed E-state index contributed by atoms with van der Waals surface area (Å²) in [6.45, 7) is 2.42. The third-order valence-corrected chi connectivity index (χ3v) is 6.03. The first-order valence-electron chi connectivity index (χ1n) is 10.2. The molecule has 6 nitrogen and oxygen atoms in total. The van der Waals surface area contributed by atoms with E-state index in [9.17, 15) is 5.11 Å². The van der Waals surface area contributed by atoms with E-state index in [0.29, 0.717) is 23.7 Å². The molecule has 5 rings (SSSR count). The van der Waals surface area contributed by atoms with Crippen molar-refractivity contribution in [2.45, 2.75) is 76.6 Å². The minimum Gasteiger partial charge on any atom is -0.507 e. The first kappa shape index (κ1) is 19.2. The summed E-state index contributed by atoms with van der Waals surface area (Å²) >= 11 is 0. The number of ether oxygens (including phenoxy) is 1. The molecule has 1 aliphatic heterocycles. The van der Waals surface area contributed by atoms with Gasteiger partial charge in [-0.05, 0) is 50.3 Å². The molecular weight excluding hydrogens is 354 g/mol. The Morgan fingerprint density at radius 3 is 2.46 bits per heavy atom. The predicted octanol–water partition coefficient (Wildman–Crippen LogP) is 3.66. The molecule has 4 N–H and O–H groups in total. The van der Waals surface area contributed by atoms with E-state index in [-0.39, 0.29) is 17.5 Å². The highest BCUT2D eigenvalue weighted by Gasteiger charge is 2.47. The van der Waals surface area contributed by atoms with Crippen LogP contribution in [-0.2, 0) is 17.8 Å². The third-order valence-electron chi connectivity index (χ3n) is 6.03. The number of fused-ring (bicyclic) bond motifs is 1. The molecule has 0 bridgehead atoms. The highest BCUT2D eigenvalue weighted by atomic mass is 16.5. The van der Waals surface area contributed by atoms with Crippen molar-refractivity contribution in [2.75, 3.05) is 5.73 Å². The summed E-state index contributed by atoms with van der Waals surface area (Å²) in [6.07, 6.45) is 8.88. The standard InChI is InChI=1S/C16H17N3O2.C6H12O/c1-9-2-3-10(13(20)6-9)14-12-8-21-16(4-5-16)7-11(12)15(17)19-18-14;7-6-4-2-1-3-5-6/h2-3,6,20H,4-5,7-8H2,1H3,(H2,17,19);6-7H,1-5H2. The number of aromatic hydroxyl groups is 1. The van der Waals surface area contributed by atoms with E-state index in [0.717, 1.165) is 48.8 Å². The van der Waals surface area contributed by atoms with E-state index in [4.69, 9.17) is 15.6 Å². The van der Waals surface area contributed by atoms with Crippen LogP contribution in [0.2, 0.25) is 0 Å². The number of phenolic OH excluding ortho intramolecular Hbond substituents is 1. The second-order valence-electron chi connectivity index (χ2n) is 8.35. The molecule has 1 aromatic heterocycles. The second kappa shape index (κ2) is 7.68. The monoisotopic (exact) mass is 383 g/mol. The van der Waals surface area contributed by atoms with E-state index < -0.39 is 0 Å². The predicted molar refractivity (Wildman–Crippen MR) is 108 cm³/mol. The Bertz CT molecular complexity index is 858. The van der Waals surface area contributed by atoms with Crippen molar-refractivity contribution in [3.8, 4) is 17.0 Å². The van der Waals surface area contributed by atoms with Crippen molar-refractivity contribution in [3.05, 3.63) is 34.9 Å². The number of hydrogen-bond donors (Lipinski definition) is 3. The fourth-order valence-electron chi connectivity index (χ4n) is 4.07. The summed E-state index contributed by atoms with van der Waals surface area (Å²) in [4.78, 5) is 0. The maximum absolute atomic E-state index is 10.2. The fourth-order valence-corrected chi connectivity index (χ4v) is 4.07. The number of benzene rings is 1. The molecule has 2 heterocycles. The van der Waals surface area contributed by atoms with Gasteiger partial charge in [-0.25, -0.2) is 0 Å². The number of nitrogen functional groups attached to an aromatic ring is 1.